The van der Waals surface area contributed by atoms with Crippen LogP contribution in [0.2, 0.25) is 0 Å². The highest BCUT2D eigenvalue weighted by Gasteiger charge is 2.29. The summed E-state index contributed by atoms with van der Waals surface area (Å²) in [6.07, 6.45) is 1.15. The van der Waals surface area contributed by atoms with Crippen molar-refractivity contribution in [3.8, 4) is 0 Å². The molecule has 0 bridgehead atoms. The molecule has 0 saturated heterocycles. The number of carbonyl (C=O) groups excluding carboxylic acids is 1. The molecule has 3 N–H and O–H groups in total. The van der Waals surface area contributed by atoms with Crippen LogP contribution in [0.3, 0.4) is 0 Å². The topological polar surface area (TPSA) is 70.6 Å². The molecule has 1 rings (SSSR count). The molecule has 0 spiro atoms. The first kappa shape index (κ1) is 23.2. The molecule has 0 atom stereocenters. The minimum Gasteiger partial charge on any atom is -0.444 e. The van der Waals surface area contributed by atoms with E-state index in [2.05, 4.69) is 10.6 Å². The summed E-state index contributed by atoms with van der Waals surface area (Å²) in [4.78, 5) is 12.0. The second kappa shape index (κ2) is 8.91. The van der Waals surface area contributed by atoms with Crippen LogP contribution < -0.4 is 10.6 Å². The van der Waals surface area contributed by atoms with Gasteiger partial charge in [-0.1, -0.05) is 13.8 Å². The second-order valence-electron chi connectivity index (χ2n) is 8.62. The number of ether oxygens (including phenoxy) is 1. The Morgan fingerprint density at radius 2 is 1.74 bits per heavy atom. The summed E-state index contributed by atoms with van der Waals surface area (Å²) in [5.41, 5.74) is -0.844. The van der Waals surface area contributed by atoms with E-state index in [9.17, 15) is 14.3 Å². The van der Waals surface area contributed by atoms with Crippen LogP contribution >= 0.6 is 0 Å². The maximum atomic E-state index is 13.7. The number of hydrogen-bond acceptors (Lipinski definition) is 4. The van der Waals surface area contributed by atoms with Gasteiger partial charge in [0, 0.05) is 23.3 Å². The predicted octanol–water partition coefficient (Wildman–Crippen LogP) is 4.94. The van der Waals surface area contributed by atoms with Gasteiger partial charge < -0.3 is 20.5 Å². The highest BCUT2D eigenvalue weighted by molar-refractivity contribution is 5.68. The SMILES string of the molecule is CCC(O)(CC)c1cc(F)ccc1NCCC(C)(C)NC(=O)OC(C)(C)C. The number of aliphatic hydroxyl groups is 1. The molecule has 154 valence electrons. The Morgan fingerprint density at radius 3 is 2.26 bits per heavy atom. The molecule has 0 aliphatic heterocycles. The van der Waals surface area contributed by atoms with Gasteiger partial charge in [0.2, 0.25) is 0 Å². The Labute approximate surface area is 162 Å². The van der Waals surface area contributed by atoms with Gasteiger partial charge in [0.05, 0.1) is 5.60 Å². The van der Waals surface area contributed by atoms with Crippen LogP contribution in [0.5, 0.6) is 0 Å². The van der Waals surface area contributed by atoms with Crippen LogP contribution in [0.1, 0.15) is 73.3 Å². The molecular weight excluding hydrogens is 347 g/mol. The van der Waals surface area contributed by atoms with Crippen LogP contribution in [0.25, 0.3) is 0 Å². The first-order valence-corrected chi connectivity index (χ1v) is 9.59. The fraction of sp³-hybridized carbons (Fsp3) is 0.667. The largest absolute Gasteiger partial charge is 0.444 e. The maximum absolute atomic E-state index is 13.7. The molecular formula is C21H35FN2O3. The summed E-state index contributed by atoms with van der Waals surface area (Å²) >= 11 is 0. The molecule has 0 radical (unpaired) electrons. The van der Waals surface area contributed by atoms with Crippen molar-refractivity contribution >= 4 is 11.8 Å². The number of nitrogens with one attached hydrogen (secondary N) is 2. The Bertz CT molecular complexity index is 635. The van der Waals surface area contributed by atoms with E-state index in [0.717, 1.165) is 0 Å². The second-order valence-corrected chi connectivity index (χ2v) is 8.62. The van der Waals surface area contributed by atoms with E-state index in [1.54, 1.807) is 6.07 Å². The van der Waals surface area contributed by atoms with Crippen molar-refractivity contribution in [1.82, 2.24) is 5.32 Å². The zero-order chi connectivity index (χ0) is 20.9. The zero-order valence-electron chi connectivity index (χ0n) is 17.7. The predicted molar refractivity (Wildman–Crippen MR) is 107 cm³/mol. The van der Waals surface area contributed by atoms with Crippen molar-refractivity contribution in [3.05, 3.63) is 29.6 Å². The van der Waals surface area contributed by atoms with Gasteiger partial charge in [0.25, 0.3) is 0 Å². The van der Waals surface area contributed by atoms with E-state index in [0.29, 0.717) is 37.1 Å². The lowest BCUT2D eigenvalue weighted by Crippen LogP contribution is -2.46. The standard InChI is InChI=1S/C21H35FN2O3/c1-8-21(26,9-2)16-14-15(22)10-11-17(16)23-13-12-20(6,7)24-18(25)27-19(3,4)5/h10-11,14,23,26H,8-9,12-13H2,1-7H3,(H,24,25). The molecule has 0 saturated carbocycles. The van der Waals surface area contributed by atoms with Crippen molar-refractivity contribution < 1.29 is 19.0 Å². The Balaban J connectivity index is 2.77. The number of benzene rings is 1. The fourth-order valence-corrected chi connectivity index (χ4v) is 2.84. The van der Waals surface area contributed by atoms with Gasteiger partial charge in [0.15, 0.2) is 0 Å². The number of anilines is 1. The van der Waals surface area contributed by atoms with Gasteiger partial charge in [-0.2, -0.15) is 0 Å². The highest BCUT2D eigenvalue weighted by atomic mass is 19.1. The van der Waals surface area contributed by atoms with E-state index >= 15 is 0 Å². The maximum Gasteiger partial charge on any atom is 0.408 e. The summed E-state index contributed by atoms with van der Waals surface area (Å²) < 4.78 is 19.0. The van der Waals surface area contributed by atoms with E-state index < -0.39 is 22.8 Å². The van der Waals surface area contributed by atoms with Crippen molar-refractivity contribution in [1.29, 1.82) is 0 Å². The molecule has 6 heteroatoms. The van der Waals surface area contributed by atoms with Crippen molar-refractivity contribution in [2.24, 2.45) is 0 Å². The lowest BCUT2D eigenvalue weighted by atomic mass is 9.87. The summed E-state index contributed by atoms with van der Waals surface area (Å²) in [7, 11) is 0. The van der Waals surface area contributed by atoms with Gasteiger partial charge in [-0.15, -0.1) is 0 Å². The van der Waals surface area contributed by atoms with E-state index in [4.69, 9.17) is 4.74 Å². The minimum absolute atomic E-state index is 0.372. The summed E-state index contributed by atoms with van der Waals surface area (Å²) in [6, 6.07) is 4.41. The Morgan fingerprint density at radius 1 is 1.15 bits per heavy atom. The molecule has 0 heterocycles. The third kappa shape index (κ3) is 7.37. The minimum atomic E-state index is -1.07. The van der Waals surface area contributed by atoms with Gasteiger partial charge in [-0.05, 0) is 72.1 Å². The molecule has 27 heavy (non-hydrogen) atoms. The molecule has 1 amide bonds. The summed E-state index contributed by atoms with van der Waals surface area (Å²) in [6.45, 7) is 13.6. The number of alkyl carbamates (subject to hydrolysis) is 1. The molecule has 5 nitrogen and oxygen atoms in total. The van der Waals surface area contributed by atoms with Crippen LogP contribution in [0, 0.1) is 5.82 Å². The lowest BCUT2D eigenvalue weighted by Gasteiger charge is -2.30. The molecule has 0 unspecified atom stereocenters. The van der Waals surface area contributed by atoms with Crippen molar-refractivity contribution in [2.45, 2.75) is 84.5 Å². The van der Waals surface area contributed by atoms with Gasteiger partial charge in [0.1, 0.15) is 11.4 Å². The third-order valence-corrected chi connectivity index (χ3v) is 4.56. The van der Waals surface area contributed by atoms with Gasteiger partial charge in [-0.25, -0.2) is 9.18 Å². The van der Waals surface area contributed by atoms with Crippen LogP contribution in [-0.2, 0) is 10.3 Å². The lowest BCUT2D eigenvalue weighted by molar-refractivity contribution is 0.0288. The molecule has 1 aromatic carbocycles. The van der Waals surface area contributed by atoms with Gasteiger partial charge in [-0.3, -0.25) is 0 Å². The Hall–Kier alpha value is -1.82. The average Bonchev–Trinajstić information content (AvgIpc) is 2.52. The number of hydrogen-bond donors (Lipinski definition) is 3. The number of halogens is 1. The fourth-order valence-electron chi connectivity index (χ4n) is 2.84. The number of rotatable bonds is 8. The monoisotopic (exact) mass is 382 g/mol. The number of carbonyl (C=O) groups is 1. The molecule has 0 fully saturated rings. The molecule has 0 aliphatic rings. The molecule has 1 aromatic rings. The van der Waals surface area contributed by atoms with Crippen LogP contribution in [0.15, 0.2) is 18.2 Å². The van der Waals surface area contributed by atoms with Gasteiger partial charge >= 0.3 is 6.09 Å². The quantitative estimate of drug-likeness (QED) is 0.596. The highest BCUT2D eigenvalue weighted by Crippen LogP contribution is 2.34. The zero-order valence-corrected chi connectivity index (χ0v) is 17.7. The van der Waals surface area contributed by atoms with Crippen molar-refractivity contribution in [2.75, 3.05) is 11.9 Å². The van der Waals surface area contributed by atoms with E-state index in [1.807, 2.05) is 48.5 Å². The molecule has 0 aromatic heterocycles. The van der Waals surface area contributed by atoms with Crippen molar-refractivity contribution in [3.63, 3.8) is 0 Å². The smallest absolute Gasteiger partial charge is 0.408 e. The average molecular weight is 383 g/mol. The van der Waals surface area contributed by atoms with E-state index in [-0.39, 0.29) is 5.82 Å². The van der Waals surface area contributed by atoms with Crippen LogP contribution in [0.4, 0.5) is 14.9 Å². The van der Waals surface area contributed by atoms with Crippen LogP contribution in [-0.4, -0.2) is 28.9 Å². The molecule has 0 aliphatic carbocycles. The first-order valence-electron chi connectivity index (χ1n) is 9.59. The third-order valence-electron chi connectivity index (χ3n) is 4.56. The first-order chi connectivity index (χ1) is 12.3. The number of amides is 1. The van der Waals surface area contributed by atoms with E-state index in [1.165, 1.54) is 12.1 Å². The summed E-state index contributed by atoms with van der Waals surface area (Å²) in [5.74, 6) is -0.372. The summed E-state index contributed by atoms with van der Waals surface area (Å²) in [5, 5.41) is 16.9. The Kier molecular flexibility index (Phi) is 7.66. The normalized spacial score (nSPS) is 12.6.